The quantitative estimate of drug-likeness (QED) is 0.222. The van der Waals surface area contributed by atoms with Crippen LogP contribution in [0.25, 0.3) is 10.9 Å². The third-order valence-electron chi connectivity index (χ3n) is 7.77. The number of carbonyl (C=O) groups excluding carboxylic acids is 1. The van der Waals surface area contributed by atoms with E-state index in [-0.39, 0.29) is 28.8 Å². The molecule has 8 nitrogen and oxygen atoms in total. The van der Waals surface area contributed by atoms with E-state index in [1.807, 2.05) is 11.5 Å². The van der Waals surface area contributed by atoms with E-state index in [4.69, 9.17) is 0 Å². The van der Waals surface area contributed by atoms with Crippen LogP contribution in [0.5, 0.6) is 5.75 Å². The lowest BCUT2D eigenvalue weighted by molar-refractivity contribution is -0.137. The number of nitrogens with zero attached hydrogens (tertiary/aromatic N) is 1. The smallest absolute Gasteiger partial charge is 0.305 e. The molecule has 214 valence electrons. The fraction of sp³-hybridized carbons (Fsp3) is 0.452. The van der Waals surface area contributed by atoms with Gasteiger partial charge >= 0.3 is 5.97 Å². The number of phenolic OH excluding ortho intramolecular Hbond substituents is 1. The number of phenols is 1. The number of hydrogen-bond donors (Lipinski definition) is 4. The van der Waals surface area contributed by atoms with Gasteiger partial charge in [-0.25, -0.2) is 4.39 Å². The molecule has 0 aliphatic heterocycles. The number of carboxylic acid groups (broad SMARTS) is 1. The van der Waals surface area contributed by atoms with Crippen LogP contribution in [0, 0.1) is 5.82 Å². The maximum atomic E-state index is 15.4. The van der Waals surface area contributed by atoms with Crippen LogP contribution < -0.4 is 16.1 Å². The van der Waals surface area contributed by atoms with Crippen LogP contribution in [0.4, 0.5) is 10.1 Å². The average Bonchev–Trinajstić information content (AvgIpc) is 2.93. The molecule has 2 unspecified atom stereocenters. The van der Waals surface area contributed by atoms with Crippen molar-refractivity contribution in [1.82, 2.24) is 9.88 Å². The first-order valence-corrected chi connectivity index (χ1v) is 14.2. The van der Waals surface area contributed by atoms with Gasteiger partial charge in [-0.05, 0) is 55.5 Å². The van der Waals surface area contributed by atoms with Gasteiger partial charge in [-0.2, -0.15) is 0 Å². The van der Waals surface area contributed by atoms with Gasteiger partial charge in [-0.1, -0.05) is 51.7 Å². The molecule has 4 N–H and O–H groups in total. The molecule has 1 aromatic heterocycles. The Morgan fingerprint density at radius 1 is 1.12 bits per heavy atom. The van der Waals surface area contributed by atoms with Crippen LogP contribution in [0.3, 0.4) is 0 Å². The van der Waals surface area contributed by atoms with Gasteiger partial charge in [0, 0.05) is 23.7 Å². The molecule has 1 amide bonds. The molecule has 1 fully saturated rings. The fourth-order valence-electron chi connectivity index (χ4n) is 5.69. The van der Waals surface area contributed by atoms with Crippen molar-refractivity contribution in [1.29, 1.82) is 0 Å². The summed E-state index contributed by atoms with van der Waals surface area (Å²) in [5.41, 5.74) is 0.477. The molecule has 3 aromatic rings. The van der Waals surface area contributed by atoms with Gasteiger partial charge in [0.05, 0.1) is 23.7 Å². The maximum absolute atomic E-state index is 15.4. The SMILES string of the molecule is CCCC(CC)n1cc(C(=O)NC(CC(=O)O)c2cccc(O)c2)c(=O)c2cc(F)c(NC3CCCCC3)cc21. The zero-order valence-corrected chi connectivity index (χ0v) is 23.1. The number of nitrogens with one attached hydrogen (secondary N) is 2. The van der Waals surface area contributed by atoms with Gasteiger partial charge in [-0.15, -0.1) is 0 Å². The van der Waals surface area contributed by atoms with Crippen LogP contribution in [0.1, 0.15) is 99.6 Å². The third-order valence-corrected chi connectivity index (χ3v) is 7.77. The van der Waals surface area contributed by atoms with E-state index in [2.05, 4.69) is 17.6 Å². The van der Waals surface area contributed by atoms with Crippen molar-refractivity contribution >= 4 is 28.5 Å². The number of amides is 1. The fourth-order valence-corrected chi connectivity index (χ4v) is 5.69. The minimum absolute atomic E-state index is 0.0338. The van der Waals surface area contributed by atoms with E-state index in [0.29, 0.717) is 16.8 Å². The maximum Gasteiger partial charge on any atom is 0.305 e. The summed E-state index contributed by atoms with van der Waals surface area (Å²) in [7, 11) is 0. The highest BCUT2D eigenvalue weighted by molar-refractivity contribution is 5.98. The molecule has 0 spiro atoms. The molecule has 0 radical (unpaired) electrons. The number of pyridine rings is 1. The Morgan fingerprint density at radius 3 is 2.52 bits per heavy atom. The minimum Gasteiger partial charge on any atom is -0.508 e. The molecule has 0 bridgehead atoms. The van der Waals surface area contributed by atoms with Crippen molar-refractivity contribution in [2.45, 2.75) is 89.8 Å². The van der Waals surface area contributed by atoms with Crippen LogP contribution in [0.2, 0.25) is 0 Å². The second-order valence-corrected chi connectivity index (χ2v) is 10.7. The predicted octanol–water partition coefficient (Wildman–Crippen LogP) is 6.29. The minimum atomic E-state index is -1.15. The van der Waals surface area contributed by atoms with Crippen molar-refractivity contribution in [3.63, 3.8) is 0 Å². The van der Waals surface area contributed by atoms with E-state index in [9.17, 15) is 24.6 Å². The summed E-state index contributed by atoms with van der Waals surface area (Å²) in [4.78, 5) is 38.7. The molecule has 1 aliphatic rings. The summed E-state index contributed by atoms with van der Waals surface area (Å²) >= 11 is 0. The molecule has 2 aromatic carbocycles. The number of carbonyl (C=O) groups is 2. The highest BCUT2D eigenvalue weighted by Gasteiger charge is 2.25. The standard InChI is InChI=1S/C31H38FN3O5/c1-3-9-21(4-2)35-18-24(31(40)34-26(17-29(37)38)19-10-8-13-22(36)14-19)30(39)23-15-25(32)27(16-28(23)35)33-20-11-6-5-7-12-20/h8,10,13-16,18,20-21,26,33,36H,3-7,9,11-12,17H2,1-2H3,(H,34,40)(H,37,38). The van der Waals surface area contributed by atoms with Crippen molar-refractivity contribution in [3.8, 4) is 5.75 Å². The van der Waals surface area contributed by atoms with Crippen LogP contribution in [-0.2, 0) is 4.79 Å². The summed E-state index contributed by atoms with van der Waals surface area (Å²) in [6, 6.07) is 7.99. The Bertz CT molecular complexity index is 1430. The van der Waals surface area contributed by atoms with Gasteiger partial charge in [0.2, 0.25) is 5.43 Å². The van der Waals surface area contributed by atoms with Crippen molar-refractivity contribution in [2.24, 2.45) is 0 Å². The molecule has 1 saturated carbocycles. The predicted molar refractivity (Wildman–Crippen MR) is 153 cm³/mol. The van der Waals surface area contributed by atoms with Crippen molar-refractivity contribution in [2.75, 3.05) is 5.32 Å². The number of halogens is 1. The van der Waals surface area contributed by atoms with E-state index in [0.717, 1.165) is 44.9 Å². The topological polar surface area (TPSA) is 121 Å². The molecule has 1 aliphatic carbocycles. The van der Waals surface area contributed by atoms with Gasteiger partial charge in [0.1, 0.15) is 17.1 Å². The summed E-state index contributed by atoms with van der Waals surface area (Å²) in [6.07, 6.45) is 8.77. The van der Waals surface area contributed by atoms with E-state index >= 15 is 4.39 Å². The summed E-state index contributed by atoms with van der Waals surface area (Å²) in [5, 5.41) is 25.4. The van der Waals surface area contributed by atoms with Crippen LogP contribution in [-0.4, -0.2) is 32.7 Å². The summed E-state index contributed by atoms with van der Waals surface area (Å²) in [5.74, 6) is -2.54. The number of benzene rings is 2. The lowest BCUT2D eigenvalue weighted by atomic mass is 9.95. The van der Waals surface area contributed by atoms with Gasteiger partial charge in [0.25, 0.3) is 5.91 Å². The number of anilines is 1. The summed E-state index contributed by atoms with van der Waals surface area (Å²) < 4.78 is 17.3. The number of fused-ring (bicyclic) bond motifs is 1. The Labute approximate surface area is 233 Å². The molecule has 4 rings (SSSR count). The van der Waals surface area contributed by atoms with E-state index < -0.39 is 35.6 Å². The highest BCUT2D eigenvalue weighted by Crippen LogP contribution is 2.30. The Morgan fingerprint density at radius 2 is 1.88 bits per heavy atom. The zero-order valence-electron chi connectivity index (χ0n) is 23.1. The highest BCUT2D eigenvalue weighted by atomic mass is 19.1. The number of aliphatic carboxylic acids is 1. The monoisotopic (exact) mass is 551 g/mol. The summed E-state index contributed by atoms with van der Waals surface area (Å²) in [6.45, 7) is 4.09. The Balaban J connectivity index is 1.79. The van der Waals surface area contributed by atoms with Crippen LogP contribution in [0.15, 0.2) is 47.4 Å². The van der Waals surface area contributed by atoms with Crippen molar-refractivity contribution in [3.05, 3.63) is 69.8 Å². The molecule has 9 heteroatoms. The molecule has 2 atom stereocenters. The lowest BCUT2D eigenvalue weighted by Gasteiger charge is -2.26. The Hall–Kier alpha value is -3.88. The number of rotatable bonds is 11. The average molecular weight is 552 g/mol. The number of hydrogen-bond acceptors (Lipinski definition) is 5. The lowest BCUT2D eigenvalue weighted by Crippen LogP contribution is -2.34. The largest absolute Gasteiger partial charge is 0.508 e. The van der Waals surface area contributed by atoms with E-state index in [1.54, 1.807) is 18.2 Å². The normalized spacial score (nSPS) is 15.5. The van der Waals surface area contributed by atoms with Gasteiger partial charge in [-0.3, -0.25) is 14.4 Å². The Kier molecular flexibility index (Phi) is 9.45. The first-order chi connectivity index (χ1) is 19.2. The van der Waals surface area contributed by atoms with Gasteiger partial charge < -0.3 is 25.4 Å². The van der Waals surface area contributed by atoms with E-state index in [1.165, 1.54) is 30.8 Å². The second kappa shape index (κ2) is 13.0. The second-order valence-electron chi connectivity index (χ2n) is 10.7. The molecular weight excluding hydrogens is 513 g/mol. The first-order valence-electron chi connectivity index (χ1n) is 14.2. The molecule has 0 saturated heterocycles. The molecule has 40 heavy (non-hydrogen) atoms. The van der Waals surface area contributed by atoms with Gasteiger partial charge in [0.15, 0.2) is 0 Å². The third kappa shape index (κ3) is 6.63. The zero-order chi connectivity index (χ0) is 28.8. The number of aromatic hydroxyl groups is 1. The van der Waals surface area contributed by atoms with Crippen LogP contribution >= 0.6 is 0 Å². The first kappa shape index (κ1) is 29.1. The van der Waals surface area contributed by atoms with Crippen molar-refractivity contribution < 1.29 is 24.2 Å². The number of carboxylic acids is 1. The molecule has 1 heterocycles. The molecular formula is C31H38FN3O5. The number of aromatic nitrogens is 1.